The van der Waals surface area contributed by atoms with Gasteiger partial charge in [-0.15, -0.1) is 0 Å². The monoisotopic (exact) mass is 239 g/mol. The summed E-state index contributed by atoms with van der Waals surface area (Å²) in [5.74, 6) is 0. The van der Waals surface area contributed by atoms with Gasteiger partial charge >= 0.3 is 0 Å². The molecule has 4 heteroatoms. The van der Waals surface area contributed by atoms with Crippen molar-refractivity contribution in [3.05, 3.63) is 30.3 Å². The molecule has 2 saturated heterocycles. The van der Waals surface area contributed by atoms with E-state index in [0.717, 1.165) is 13.2 Å². The van der Waals surface area contributed by atoms with E-state index in [-0.39, 0.29) is 0 Å². The van der Waals surface area contributed by atoms with Gasteiger partial charge in [-0.1, -0.05) is 30.3 Å². The van der Waals surface area contributed by atoms with Gasteiger partial charge in [-0.05, 0) is 24.6 Å². The third-order valence-electron chi connectivity index (χ3n) is 3.21. The second kappa shape index (κ2) is 3.67. The average molecular weight is 239 g/mol. The van der Waals surface area contributed by atoms with Crippen LogP contribution in [0.25, 0.3) is 0 Å². The lowest BCUT2D eigenvalue weighted by atomic mass is 10.2. The maximum absolute atomic E-state index is 5.95. The standard InChI is InChI=1S/C11H14NOPS/c15-14(11-6-2-1-3-7-11)12-8-4-5-10(12)9-13-14/h1-3,6-7,10H,4-5,8-9H2. The summed E-state index contributed by atoms with van der Waals surface area (Å²) in [5.41, 5.74) is 0. The minimum absolute atomic E-state index is 0.594. The largest absolute Gasteiger partial charge is 0.333 e. The van der Waals surface area contributed by atoms with Gasteiger partial charge < -0.3 is 4.52 Å². The molecule has 2 heterocycles. The zero-order valence-corrected chi connectivity index (χ0v) is 10.2. The molecular formula is C11H14NOPS. The van der Waals surface area contributed by atoms with E-state index in [1.54, 1.807) is 0 Å². The quantitative estimate of drug-likeness (QED) is 0.696. The topological polar surface area (TPSA) is 12.5 Å². The van der Waals surface area contributed by atoms with E-state index in [1.807, 2.05) is 6.07 Å². The lowest BCUT2D eigenvalue weighted by Gasteiger charge is -2.25. The summed E-state index contributed by atoms with van der Waals surface area (Å²) in [5, 5.41) is 1.21. The van der Waals surface area contributed by atoms with Crippen LogP contribution in [0.2, 0.25) is 0 Å². The van der Waals surface area contributed by atoms with Gasteiger partial charge in [0, 0.05) is 17.9 Å². The summed E-state index contributed by atoms with van der Waals surface area (Å²) in [6.07, 6.45) is 0.673. The number of rotatable bonds is 1. The van der Waals surface area contributed by atoms with Crippen molar-refractivity contribution in [3.8, 4) is 0 Å². The molecule has 0 aromatic heterocycles. The van der Waals surface area contributed by atoms with E-state index >= 15 is 0 Å². The Hall–Kier alpha value is -0.210. The highest BCUT2D eigenvalue weighted by Crippen LogP contribution is 2.58. The Morgan fingerprint density at radius 1 is 1.33 bits per heavy atom. The Morgan fingerprint density at radius 2 is 2.13 bits per heavy atom. The molecule has 0 amide bonds. The number of hydrogen-bond acceptors (Lipinski definition) is 2. The lowest BCUT2D eigenvalue weighted by molar-refractivity contribution is 0.342. The Kier molecular flexibility index (Phi) is 2.44. The fourth-order valence-electron chi connectivity index (χ4n) is 2.44. The average Bonchev–Trinajstić information content (AvgIpc) is 2.85. The van der Waals surface area contributed by atoms with Crippen molar-refractivity contribution in [1.29, 1.82) is 0 Å². The summed E-state index contributed by atoms with van der Waals surface area (Å²) in [4.78, 5) is 0. The van der Waals surface area contributed by atoms with Gasteiger partial charge in [-0.2, -0.15) is 0 Å². The number of benzene rings is 1. The first-order valence-electron chi connectivity index (χ1n) is 5.38. The van der Waals surface area contributed by atoms with Crippen LogP contribution in [0.3, 0.4) is 0 Å². The predicted molar refractivity (Wildman–Crippen MR) is 66.0 cm³/mol. The van der Waals surface area contributed by atoms with Gasteiger partial charge in [0.15, 0.2) is 6.42 Å². The molecule has 1 aromatic rings. The molecule has 0 bridgehead atoms. The zero-order chi connectivity index (χ0) is 10.3. The Bertz CT molecular complexity index is 408. The van der Waals surface area contributed by atoms with Crippen molar-refractivity contribution in [2.24, 2.45) is 0 Å². The smallest absolute Gasteiger partial charge is 0.162 e. The second-order valence-corrected chi connectivity index (χ2v) is 7.92. The van der Waals surface area contributed by atoms with Crippen LogP contribution in [0.1, 0.15) is 12.8 Å². The number of nitrogens with zero attached hydrogens (tertiary/aromatic N) is 1. The van der Waals surface area contributed by atoms with Crippen molar-refractivity contribution in [3.63, 3.8) is 0 Å². The van der Waals surface area contributed by atoms with Gasteiger partial charge in [0.1, 0.15) is 0 Å². The van der Waals surface area contributed by atoms with Crippen LogP contribution in [0.5, 0.6) is 0 Å². The van der Waals surface area contributed by atoms with Gasteiger partial charge in [0.2, 0.25) is 0 Å². The molecule has 15 heavy (non-hydrogen) atoms. The van der Waals surface area contributed by atoms with E-state index in [0.29, 0.717) is 6.04 Å². The number of fused-ring (bicyclic) bond motifs is 1. The van der Waals surface area contributed by atoms with Gasteiger partial charge in [-0.3, -0.25) is 0 Å². The van der Waals surface area contributed by atoms with Gasteiger partial charge in [0.05, 0.1) is 6.61 Å². The molecular weight excluding hydrogens is 225 g/mol. The van der Waals surface area contributed by atoms with Crippen molar-refractivity contribution in [1.82, 2.24) is 4.67 Å². The fraction of sp³-hybridized carbons (Fsp3) is 0.455. The fourth-order valence-corrected chi connectivity index (χ4v) is 6.16. The Labute approximate surface area is 95.4 Å². The van der Waals surface area contributed by atoms with E-state index in [4.69, 9.17) is 16.3 Å². The molecule has 3 rings (SSSR count). The minimum atomic E-state index is -1.86. The van der Waals surface area contributed by atoms with Crippen molar-refractivity contribution >= 4 is 23.5 Å². The first kappa shape index (κ1) is 9.98. The molecule has 2 unspecified atom stereocenters. The summed E-state index contributed by atoms with van der Waals surface area (Å²) in [6, 6.07) is 11.0. The summed E-state index contributed by atoms with van der Waals surface area (Å²) < 4.78 is 8.39. The molecule has 2 aliphatic rings. The SMILES string of the molecule is S=P1(c2ccccc2)OCC2CCCN21. The molecule has 2 aliphatic heterocycles. The normalized spacial score (nSPS) is 35.6. The third-order valence-corrected chi connectivity index (χ3v) is 7.44. The highest BCUT2D eigenvalue weighted by molar-refractivity contribution is 8.14. The first-order chi connectivity index (χ1) is 7.31. The van der Waals surface area contributed by atoms with Gasteiger partial charge in [0.25, 0.3) is 0 Å². The first-order valence-corrected chi connectivity index (χ1v) is 8.05. The molecule has 0 radical (unpaired) electrons. The molecule has 80 valence electrons. The predicted octanol–water partition coefficient (Wildman–Crippen LogP) is 2.12. The van der Waals surface area contributed by atoms with Crippen LogP contribution in [0.4, 0.5) is 0 Å². The molecule has 0 aliphatic carbocycles. The molecule has 2 nitrogen and oxygen atoms in total. The highest BCUT2D eigenvalue weighted by Gasteiger charge is 2.43. The molecule has 1 aromatic carbocycles. The minimum Gasteiger partial charge on any atom is -0.333 e. The van der Waals surface area contributed by atoms with E-state index in [2.05, 4.69) is 28.9 Å². The highest BCUT2D eigenvalue weighted by atomic mass is 32.4. The molecule has 2 fully saturated rings. The van der Waals surface area contributed by atoms with Crippen LogP contribution in [0.15, 0.2) is 30.3 Å². The Balaban J connectivity index is 2.01. The molecule has 0 spiro atoms. The zero-order valence-electron chi connectivity index (χ0n) is 8.50. The Morgan fingerprint density at radius 3 is 2.93 bits per heavy atom. The summed E-state index contributed by atoms with van der Waals surface area (Å²) in [7, 11) is 0. The maximum atomic E-state index is 5.95. The lowest BCUT2D eigenvalue weighted by Crippen LogP contribution is -2.24. The van der Waals surface area contributed by atoms with Crippen LogP contribution >= 0.6 is 6.42 Å². The van der Waals surface area contributed by atoms with Crippen molar-refractivity contribution in [2.45, 2.75) is 18.9 Å². The van der Waals surface area contributed by atoms with Crippen molar-refractivity contribution < 1.29 is 4.52 Å². The van der Waals surface area contributed by atoms with E-state index in [1.165, 1.54) is 18.1 Å². The van der Waals surface area contributed by atoms with Crippen LogP contribution < -0.4 is 5.30 Å². The summed E-state index contributed by atoms with van der Waals surface area (Å²) in [6.45, 7) is 1.96. The van der Waals surface area contributed by atoms with Crippen LogP contribution in [0, 0.1) is 0 Å². The summed E-state index contributed by atoms with van der Waals surface area (Å²) >= 11 is 5.79. The molecule has 2 atom stereocenters. The second-order valence-electron chi connectivity index (χ2n) is 4.11. The third kappa shape index (κ3) is 1.50. The molecule has 0 N–H and O–H groups in total. The van der Waals surface area contributed by atoms with Crippen LogP contribution in [-0.2, 0) is 16.3 Å². The molecule has 0 saturated carbocycles. The van der Waals surface area contributed by atoms with Crippen LogP contribution in [-0.4, -0.2) is 23.9 Å². The number of hydrogen-bond donors (Lipinski definition) is 0. The maximum Gasteiger partial charge on any atom is 0.162 e. The van der Waals surface area contributed by atoms with Gasteiger partial charge in [-0.25, -0.2) is 4.67 Å². The van der Waals surface area contributed by atoms with E-state index in [9.17, 15) is 0 Å². The van der Waals surface area contributed by atoms with E-state index < -0.39 is 6.42 Å². The van der Waals surface area contributed by atoms with Crippen molar-refractivity contribution in [2.75, 3.05) is 13.2 Å².